The van der Waals surface area contributed by atoms with Crippen molar-refractivity contribution in [2.75, 3.05) is 5.75 Å². The van der Waals surface area contributed by atoms with Crippen molar-refractivity contribution >= 4 is 16.0 Å². The number of amides is 1. The van der Waals surface area contributed by atoms with Gasteiger partial charge < -0.3 is 10.4 Å². The number of unbranched alkanes of at least 4 members (excludes halogenated alkanes) is 23. The van der Waals surface area contributed by atoms with Gasteiger partial charge in [0.2, 0.25) is 5.91 Å². The third kappa shape index (κ3) is 32.3. The standard InChI is InChI=1S/C36H71NO5S/c1-3-5-7-9-11-13-14-15-16-17-18-19-20-21-22-24-26-28-30-32-36(39)37-34(33-43(40,41)42)35(38)31-29-27-25-23-12-10-8-6-4-2/h15-16,34-35,38H,3-14,17-33H2,1-2H3,(H,37,39)(H,40,41,42)/b16-15-. The predicted molar refractivity (Wildman–Crippen MR) is 184 cm³/mol. The SMILES string of the molecule is CCCCCCCC/C=C\CCCCCCCCCCCC(=O)NC(CS(=O)(=O)O)C(O)CCCCCCCCCCC. The van der Waals surface area contributed by atoms with Crippen molar-refractivity contribution in [3.05, 3.63) is 12.2 Å². The van der Waals surface area contributed by atoms with Crippen LogP contribution in [0.2, 0.25) is 0 Å². The fourth-order valence-corrected chi connectivity index (χ4v) is 6.44. The topological polar surface area (TPSA) is 104 Å². The summed E-state index contributed by atoms with van der Waals surface area (Å²) in [5.74, 6) is -0.895. The van der Waals surface area contributed by atoms with Gasteiger partial charge in [0, 0.05) is 6.42 Å². The van der Waals surface area contributed by atoms with Crippen molar-refractivity contribution in [2.24, 2.45) is 0 Å². The van der Waals surface area contributed by atoms with E-state index in [1.54, 1.807) is 0 Å². The van der Waals surface area contributed by atoms with Gasteiger partial charge in [0.25, 0.3) is 10.1 Å². The Labute approximate surface area is 267 Å². The highest BCUT2D eigenvalue weighted by atomic mass is 32.2. The van der Waals surface area contributed by atoms with Gasteiger partial charge in [0.05, 0.1) is 17.9 Å². The Morgan fingerprint density at radius 3 is 1.40 bits per heavy atom. The third-order valence-corrected chi connectivity index (χ3v) is 9.25. The number of hydrogen-bond donors (Lipinski definition) is 3. The summed E-state index contributed by atoms with van der Waals surface area (Å²) in [5, 5.41) is 13.2. The van der Waals surface area contributed by atoms with E-state index in [1.807, 2.05) is 0 Å². The van der Waals surface area contributed by atoms with E-state index in [0.717, 1.165) is 38.5 Å². The van der Waals surface area contributed by atoms with Gasteiger partial charge in [-0.3, -0.25) is 9.35 Å². The molecular weight excluding hydrogens is 558 g/mol. The van der Waals surface area contributed by atoms with Gasteiger partial charge in [0.1, 0.15) is 0 Å². The molecule has 0 bridgehead atoms. The van der Waals surface area contributed by atoms with Crippen molar-refractivity contribution < 1.29 is 22.9 Å². The molecular formula is C36H71NO5S. The highest BCUT2D eigenvalue weighted by molar-refractivity contribution is 7.85. The van der Waals surface area contributed by atoms with Gasteiger partial charge in [-0.1, -0.05) is 161 Å². The molecule has 0 aliphatic rings. The lowest BCUT2D eigenvalue weighted by atomic mass is 10.0. The molecule has 0 saturated heterocycles. The van der Waals surface area contributed by atoms with E-state index < -0.39 is 28.0 Å². The van der Waals surface area contributed by atoms with E-state index in [4.69, 9.17) is 0 Å². The normalized spacial score (nSPS) is 13.5. The molecule has 0 saturated carbocycles. The Hall–Kier alpha value is -0.920. The summed E-state index contributed by atoms with van der Waals surface area (Å²) in [4.78, 5) is 12.4. The molecule has 0 aliphatic heterocycles. The molecule has 0 radical (unpaired) electrons. The molecule has 0 spiro atoms. The zero-order chi connectivity index (χ0) is 31.9. The Morgan fingerprint density at radius 1 is 0.605 bits per heavy atom. The van der Waals surface area contributed by atoms with Crippen molar-refractivity contribution in [1.82, 2.24) is 5.32 Å². The number of nitrogens with one attached hydrogen (secondary N) is 1. The highest BCUT2D eigenvalue weighted by Gasteiger charge is 2.26. The lowest BCUT2D eigenvalue weighted by molar-refractivity contribution is -0.122. The second-order valence-electron chi connectivity index (χ2n) is 12.9. The number of carbonyl (C=O) groups excluding carboxylic acids is 1. The second kappa shape index (κ2) is 31.1. The lowest BCUT2D eigenvalue weighted by Gasteiger charge is -2.23. The Balaban J connectivity index is 3.83. The first-order valence-corrected chi connectivity index (χ1v) is 20.0. The van der Waals surface area contributed by atoms with Gasteiger partial charge in [0.15, 0.2) is 0 Å². The zero-order valence-corrected chi connectivity index (χ0v) is 29.2. The monoisotopic (exact) mass is 630 g/mol. The maximum Gasteiger partial charge on any atom is 0.266 e. The van der Waals surface area contributed by atoms with Crippen LogP contribution in [0.15, 0.2) is 12.2 Å². The summed E-state index contributed by atoms with van der Waals surface area (Å²) in [7, 11) is -4.30. The highest BCUT2D eigenvalue weighted by Crippen LogP contribution is 2.15. The second-order valence-corrected chi connectivity index (χ2v) is 14.4. The van der Waals surface area contributed by atoms with E-state index in [1.165, 1.54) is 128 Å². The Bertz CT molecular complexity index is 740. The molecule has 0 heterocycles. The average Bonchev–Trinajstić information content (AvgIpc) is 2.96. The van der Waals surface area contributed by atoms with Gasteiger partial charge in [-0.05, 0) is 38.5 Å². The molecule has 2 atom stereocenters. The maximum absolute atomic E-state index is 12.4. The number of allylic oxidation sites excluding steroid dienone is 2. The van der Waals surface area contributed by atoms with Crippen molar-refractivity contribution in [2.45, 2.75) is 206 Å². The van der Waals surface area contributed by atoms with E-state index in [0.29, 0.717) is 12.8 Å². The fraction of sp³-hybridized carbons (Fsp3) is 0.917. The van der Waals surface area contributed by atoms with Crippen LogP contribution < -0.4 is 5.32 Å². The molecule has 0 aliphatic carbocycles. The van der Waals surface area contributed by atoms with Crippen LogP contribution in [0.1, 0.15) is 194 Å². The van der Waals surface area contributed by atoms with Gasteiger partial charge >= 0.3 is 0 Å². The minimum absolute atomic E-state index is 0.249. The smallest absolute Gasteiger partial charge is 0.266 e. The minimum Gasteiger partial charge on any atom is -0.391 e. The van der Waals surface area contributed by atoms with Crippen LogP contribution in [0.5, 0.6) is 0 Å². The Kier molecular flexibility index (Phi) is 30.4. The van der Waals surface area contributed by atoms with Crippen molar-refractivity contribution in [1.29, 1.82) is 0 Å². The van der Waals surface area contributed by atoms with Crippen LogP contribution in [0, 0.1) is 0 Å². The Morgan fingerprint density at radius 2 is 0.977 bits per heavy atom. The fourth-order valence-electron chi connectivity index (χ4n) is 5.68. The first-order valence-electron chi connectivity index (χ1n) is 18.4. The van der Waals surface area contributed by atoms with E-state index in [-0.39, 0.29) is 5.91 Å². The number of rotatable bonds is 33. The average molecular weight is 630 g/mol. The number of hydrogen-bond acceptors (Lipinski definition) is 4. The summed E-state index contributed by atoms with van der Waals surface area (Å²) in [6.07, 6.45) is 35.9. The van der Waals surface area contributed by atoms with E-state index in [9.17, 15) is 22.9 Å². The first-order chi connectivity index (χ1) is 20.8. The zero-order valence-electron chi connectivity index (χ0n) is 28.3. The molecule has 256 valence electrons. The minimum atomic E-state index is -4.30. The van der Waals surface area contributed by atoms with Gasteiger partial charge in [-0.15, -0.1) is 0 Å². The van der Waals surface area contributed by atoms with Crippen molar-refractivity contribution in [3.63, 3.8) is 0 Å². The third-order valence-electron chi connectivity index (χ3n) is 8.47. The van der Waals surface area contributed by atoms with E-state index >= 15 is 0 Å². The molecule has 0 fully saturated rings. The summed E-state index contributed by atoms with van der Waals surface area (Å²) < 4.78 is 32.3. The summed E-state index contributed by atoms with van der Waals surface area (Å²) >= 11 is 0. The van der Waals surface area contributed by atoms with Crippen LogP contribution >= 0.6 is 0 Å². The van der Waals surface area contributed by atoms with Crippen LogP contribution in [-0.4, -0.2) is 41.9 Å². The summed E-state index contributed by atoms with van der Waals surface area (Å²) in [6, 6.07) is -0.965. The van der Waals surface area contributed by atoms with Crippen LogP contribution in [0.3, 0.4) is 0 Å². The molecule has 7 heteroatoms. The largest absolute Gasteiger partial charge is 0.391 e. The summed E-state index contributed by atoms with van der Waals surface area (Å²) in [6.45, 7) is 4.48. The first kappa shape index (κ1) is 42.1. The summed E-state index contributed by atoms with van der Waals surface area (Å²) in [5.41, 5.74) is 0. The molecule has 3 N–H and O–H groups in total. The molecule has 0 aromatic heterocycles. The number of aliphatic hydroxyl groups is 1. The molecule has 1 amide bonds. The molecule has 0 aromatic carbocycles. The van der Waals surface area contributed by atoms with Gasteiger partial charge in [-0.25, -0.2) is 0 Å². The van der Waals surface area contributed by atoms with Crippen LogP contribution in [0.25, 0.3) is 0 Å². The molecule has 2 unspecified atom stereocenters. The maximum atomic E-state index is 12.4. The number of aliphatic hydroxyl groups excluding tert-OH is 1. The predicted octanol–water partition coefficient (Wildman–Crippen LogP) is 10.2. The lowest BCUT2D eigenvalue weighted by Crippen LogP contribution is -2.47. The molecule has 0 rings (SSSR count). The quantitative estimate of drug-likeness (QED) is 0.0381. The molecule has 43 heavy (non-hydrogen) atoms. The van der Waals surface area contributed by atoms with E-state index in [2.05, 4.69) is 31.3 Å². The molecule has 0 aromatic rings. The van der Waals surface area contributed by atoms with Crippen molar-refractivity contribution in [3.8, 4) is 0 Å². The molecule has 6 nitrogen and oxygen atoms in total. The van der Waals surface area contributed by atoms with Crippen LogP contribution in [-0.2, 0) is 14.9 Å². The van der Waals surface area contributed by atoms with Crippen LogP contribution in [0.4, 0.5) is 0 Å². The number of carbonyl (C=O) groups is 1. The van der Waals surface area contributed by atoms with Gasteiger partial charge in [-0.2, -0.15) is 8.42 Å².